The Balaban J connectivity index is 1.94. The third-order valence-corrected chi connectivity index (χ3v) is 5.60. The van der Waals surface area contributed by atoms with E-state index in [2.05, 4.69) is 20.2 Å². The maximum absolute atomic E-state index is 12.9. The first-order chi connectivity index (χ1) is 11.6. The summed E-state index contributed by atoms with van der Waals surface area (Å²) in [5.74, 6) is 0.331. The number of sulfonamides is 1. The first-order valence-corrected chi connectivity index (χ1v) is 9.61. The molecule has 0 unspecified atom stereocenters. The molecule has 1 aromatic carbocycles. The quantitative estimate of drug-likeness (QED) is 0.850. The van der Waals surface area contributed by atoms with Gasteiger partial charge in [0.2, 0.25) is 10.0 Å². The Morgan fingerprint density at radius 3 is 2.75 bits per heavy atom. The highest BCUT2D eigenvalue weighted by atomic mass is 32.2. The molecule has 1 aliphatic carbocycles. The molecule has 0 spiro atoms. The first-order valence-electron chi connectivity index (χ1n) is 8.12. The van der Waals surface area contributed by atoms with Gasteiger partial charge in [-0.1, -0.05) is 19.3 Å². The molecule has 0 amide bonds. The molecule has 1 saturated carbocycles. The van der Waals surface area contributed by atoms with Crippen molar-refractivity contribution < 1.29 is 13.2 Å². The molecule has 9 heteroatoms. The fraction of sp³-hybridized carbons (Fsp3) is 0.533. The van der Waals surface area contributed by atoms with Gasteiger partial charge in [0.25, 0.3) is 0 Å². The van der Waals surface area contributed by atoms with Gasteiger partial charge in [-0.3, -0.25) is 0 Å². The molecule has 24 heavy (non-hydrogen) atoms. The smallest absolute Gasteiger partial charge is 0.244 e. The normalized spacial score (nSPS) is 16.2. The molecule has 3 rings (SSSR count). The summed E-state index contributed by atoms with van der Waals surface area (Å²) in [7, 11) is -3.68. The fourth-order valence-corrected chi connectivity index (χ4v) is 4.38. The average molecular weight is 351 g/mol. The predicted octanol–water partition coefficient (Wildman–Crippen LogP) is 1.67. The lowest BCUT2D eigenvalue weighted by Gasteiger charge is -2.23. The van der Waals surface area contributed by atoms with Gasteiger partial charge in [-0.25, -0.2) is 17.8 Å². The third-order valence-electron chi connectivity index (χ3n) is 4.06. The Labute approximate surface area is 141 Å². The Bertz CT molecular complexity index is 770. The van der Waals surface area contributed by atoms with E-state index in [0.29, 0.717) is 18.0 Å². The number of benzene rings is 1. The fourth-order valence-electron chi connectivity index (χ4n) is 2.91. The molecule has 1 heterocycles. The Kier molecular flexibility index (Phi) is 5.10. The van der Waals surface area contributed by atoms with Crippen LogP contribution in [0.15, 0.2) is 29.4 Å². The minimum Gasteiger partial charge on any atom is -0.492 e. The standard InChI is InChI=1S/C15H21N5O3S/c1-2-23-14-9-8-13(20-11-16-18-19-20)10-15(14)24(21,22)17-12-6-4-3-5-7-12/h8-12,17H,2-7H2,1H3. The van der Waals surface area contributed by atoms with Gasteiger partial charge in [0.05, 0.1) is 12.3 Å². The van der Waals surface area contributed by atoms with E-state index in [-0.39, 0.29) is 10.9 Å². The van der Waals surface area contributed by atoms with Crippen molar-refractivity contribution in [2.75, 3.05) is 6.61 Å². The van der Waals surface area contributed by atoms with Crippen LogP contribution in [-0.4, -0.2) is 41.3 Å². The zero-order valence-corrected chi connectivity index (χ0v) is 14.4. The van der Waals surface area contributed by atoms with Crippen molar-refractivity contribution >= 4 is 10.0 Å². The third kappa shape index (κ3) is 3.73. The SMILES string of the molecule is CCOc1ccc(-n2cnnn2)cc1S(=O)(=O)NC1CCCCC1. The number of aromatic nitrogens is 4. The molecule has 2 aromatic rings. The lowest BCUT2D eigenvalue weighted by Crippen LogP contribution is -2.36. The van der Waals surface area contributed by atoms with Gasteiger partial charge in [0, 0.05) is 6.04 Å². The predicted molar refractivity (Wildman–Crippen MR) is 87.5 cm³/mol. The van der Waals surface area contributed by atoms with Crippen LogP contribution in [0.1, 0.15) is 39.0 Å². The van der Waals surface area contributed by atoms with Crippen molar-refractivity contribution in [3.63, 3.8) is 0 Å². The number of rotatable bonds is 6. The number of nitrogens with zero attached hydrogens (tertiary/aromatic N) is 4. The van der Waals surface area contributed by atoms with Gasteiger partial charge in [-0.15, -0.1) is 5.10 Å². The maximum Gasteiger partial charge on any atom is 0.244 e. The van der Waals surface area contributed by atoms with E-state index in [1.165, 1.54) is 17.1 Å². The van der Waals surface area contributed by atoms with Crippen molar-refractivity contribution in [3.05, 3.63) is 24.5 Å². The van der Waals surface area contributed by atoms with Crippen LogP contribution in [0, 0.1) is 0 Å². The highest BCUT2D eigenvalue weighted by molar-refractivity contribution is 7.89. The maximum atomic E-state index is 12.9. The molecule has 8 nitrogen and oxygen atoms in total. The van der Waals surface area contributed by atoms with Crippen LogP contribution < -0.4 is 9.46 Å². The van der Waals surface area contributed by atoms with E-state index < -0.39 is 10.0 Å². The number of tetrazole rings is 1. The monoisotopic (exact) mass is 351 g/mol. The highest BCUT2D eigenvalue weighted by Gasteiger charge is 2.25. The molecule has 1 fully saturated rings. The topological polar surface area (TPSA) is 99.0 Å². The summed E-state index contributed by atoms with van der Waals surface area (Å²) < 4.78 is 35.5. The zero-order valence-electron chi connectivity index (χ0n) is 13.6. The Morgan fingerprint density at radius 1 is 1.29 bits per heavy atom. The summed E-state index contributed by atoms with van der Waals surface area (Å²) in [5, 5.41) is 11.0. The average Bonchev–Trinajstić information content (AvgIpc) is 3.10. The summed E-state index contributed by atoms with van der Waals surface area (Å²) in [4.78, 5) is 0.114. The van der Waals surface area contributed by atoms with Gasteiger partial charge < -0.3 is 4.74 Å². The molecule has 1 aliphatic rings. The Morgan fingerprint density at radius 2 is 2.08 bits per heavy atom. The summed E-state index contributed by atoms with van der Waals surface area (Å²) in [6.07, 6.45) is 6.43. The van der Waals surface area contributed by atoms with Gasteiger partial charge in [0.1, 0.15) is 17.0 Å². The van der Waals surface area contributed by atoms with Gasteiger partial charge in [-0.2, -0.15) is 0 Å². The minimum absolute atomic E-state index is 0.0186. The molecule has 0 saturated heterocycles. The second kappa shape index (κ2) is 7.27. The molecule has 0 bridgehead atoms. The lowest BCUT2D eigenvalue weighted by atomic mass is 9.96. The zero-order chi connectivity index (χ0) is 17.0. The van der Waals surface area contributed by atoms with Crippen LogP contribution in [0.25, 0.3) is 5.69 Å². The van der Waals surface area contributed by atoms with Crippen LogP contribution in [0.3, 0.4) is 0 Å². The molecular formula is C15H21N5O3S. The van der Waals surface area contributed by atoms with Crippen molar-refractivity contribution in [3.8, 4) is 11.4 Å². The lowest BCUT2D eigenvalue weighted by molar-refractivity contribution is 0.330. The van der Waals surface area contributed by atoms with Gasteiger partial charge >= 0.3 is 0 Å². The summed E-state index contributed by atoms with van der Waals surface area (Å²) >= 11 is 0. The second-order valence-electron chi connectivity index (χ2n) is 5.77. The molecule has 0 radical (unpaired) electrons. The molecule has 0 atom stereocenters. The van der Waals surface area contributed by atoms with Crippen molar-refractivity contribution in [2.24, 2.45) is 0 Å². The van der Waals surface area contributed by atoms with Crippen LogP contribution in [0.2, 0.25) is 0 Å². The van der Waals surface area contributed by atoms with Crippen molar-refractivity contribution in [1.29, 1.82) is 0 Å². The van der Waals surface area contributed by atoms with E-state index in [1.807, 2.05) is 6.92 Å². The Hall–Kier alpha value is -2.00. The largest absolute Gasteiger partial charge is 0.492 e. The van der Waals surface area contributed by atoms with E-state index in [0.717, 1.165) is 32.1 Å². The summed E-state index contributed by atoms with van der Waals surface area (Å²) in [6, 6.07) is 4.87. The number of hydrogen-bond donors (Lipinski definition) is 1. The highest BCUT2D eigenvalue weighted by Crippen LogP contribution is 2.28. The van der Waals surface area contributed by atoms with Crippen molar-refractivity contribution in [2.45, 2.75) is 50.0 Å². The summed E-state index contributed by atoms with van der Waals surface area (Å²) in [6.45, 7) is 2.20. The van der Waals surface area contributed by atoms with Gasteiger partial charge in [0.15, 0.2) is 0 Å². The van der Waals surface area contributed by atoms with Crippen LogP contribution in [0.4, 0.5) is 0 Å². The number of nitrogens with one attached hydrogen (secondary N) is 1. The van der Waals surface area contributed by atoms with Crippen LogP contribution in [-0.2, 0) is 10.0 Å². The first kappa shape index (κ1) is 16.8. The van der Waals surface area contributed by atoms with Gasteiger partial charge in [-0.05, 0) is 48.4 Å². The van der Waals surface area contributed by atoms with Crippen LogP contribution in [0.5, 0.6) is 5.75 Å². The molecule has 1 aromatic heterocycles. The molecular weight excluding hydrogens is 330 g/mol. The molecule has 1 N–H and O–H groups in total. The van der Waals surface area contributed by atoms with E-state index >= 15 is 0 Å². The van der Waals surface area contributed by atoms with Crippen molar-refractivity contribution in [1.82, 2.24) is 24.9 Å². The van der Waals surface area contributed by atoms with Crippen LogP contribution >= 0.6 is 0 Å². The minimum atomic E-state index is -3.68. The molecule has 0 aliphatic heterocycles. The number of hydrogen-bond acceptors (Lipinski definition) is 6. The van der Waals surface area contributed by atoms with E-state index in [1.54, 1.807) is 12.1 Å². The van der Waals surface area contributed by atoms with E-state index in [9.17, 15) is 8.42 Å². The molecule has 130 valence electrons. The second-order valence-corrected chi connectivity index (χ2v) is 7.46. The number of ether oxygens (including phenoxy) is 1. The van der Waals surface area contributed by atoms with E-state index in [4.69, 9.17) is 4.74 Å². The summed E-state index contributed by atoms with van der Waals surface area (Å²) in [5.41, 5.74) is 0.562.